The lowest BCUT2D eigenvalue weighted by molar-refractivity contribution is -0.0282. The normalized spacial score (nSPS) is 19.1. The van der Waals surface area contributed by atoms with Gasteiger partial charge in [-0.05, 0) is 37.3 Å². The van der Waals surface area contributed by atoms with Crippen LogP contribution in [0.5, 0.6) is 5.75 Å². The highest BCUT2D eigenvalue weighted by atomic mass is 16.5. The Hall–Kier alpha value is -1.77. The molecule has 1 aliphatic heterocycles. The van der Waals surface area contributed by atoms with Crippen LogP contribution in [0.3, 0.4) is 0 Å². The zero-order valence-electron chi connectivity index (χ0n) is 12.0. The van der Waals surface area contributed by atoms with Gasteiger partial charge in [0.15, 0.2) is 5.43 Å². The van der Waals surface area contributed by atoms with Gasteiger partial charge in [0.25, 0.3) is 0 Å². The molecule has 1 aliphatic carbocycles. The molecular weight excluding hydrogens is 250 g/mol. The molecule has 0 N–H and O–H groups in total. The van der Waals surface area contributed by atoms with E-state index < -0.39 is 0 Å². The van der Waals surface area contributed by atoms with Crippen LogP contribution in [0.4, 0.5) is 0 Å². The smallest absolute Gasteiger partial charge is 0.192 e. The van der Waals surface area contributed by atoms with Crippen molar-refractivity contribution in [2.45, 2.75) is 51.2 Å². The van der Waals surface area contributed by atoms with Gasteiger partial charge in [0, 0.05) is 17.1 Å². The Balaban J connectivity index is 2.03. The maximum Gasteiger partial charge on any atom is 0.192 e. The Morgan fingerprint density at radius 2 is 2.10 bits per heavy atom. The molecule has 2 heterocycles. The first-order valence-electron chi connectivity index (χ1n) is 7.45. The average Bonchev–Trinajstić information content (AvgIpc) is 2.40. The first kappa shape index (κ1) is 12.0. The van der Waals surface area contributed by atoms with Crippen LogP contribution in [0.2, 0.25) is 0 Å². The highest BCUT2D eigenvalue weighted by Gasteiger charge is 2.42. The van der Waals surface area contributed by atoms with Gasteiger partial charge in [0.05, 0.1) is 12.1 Å². The summed E-state index contributed by atoms with van der Waals surface area (Å²) in [5.74, 6) is 1.13. The Labute approximate surface area is 118 Å². The van der Waals surface area contributed by atoms with Crippen LogP contribution in [0.25, 0.3) is 10.9 Å². The molecule has 1 spiro atoms. The second-order valence-corrected chi connectivity index (χ2v) is 6.49. The quantitative estimate of drug-likeness (QED) is 0.794. The van der Waals surface area contributed by atoms with E-state index in [4.69, 9.17) is 4.74 Å². The average molecular weight is 269 g/mol. The summed E-state index contributed by atoms with van der Waals surface area (Å²) in [7, 11) is 0. The number of nitrogens with zero attached hydrogens (tertiary/aromatic N) is 1. The summed E-state index contributed by atoms with van der Waals surface area (Å²) < 4.78 is 8.48. The third-order valence-electron chi connectivity index (χ3n) is 4.76. The van der Waals surface area contributed by atoms with E-state index in [9.17, 15) is 4.79 Å². The van der Waals surface area contributed by atoms with E-state index in [1.165, 1.54) is 6.42 Å². The van der Waals surface area contributed by atoms with Crippen LogP contribution >= 0.6 is 0 Å². The fourth-order valence-corrected chi connectivity index (χ4v) is 3.47. The van der Waals surface area contributed by atoms with Crippen LogP contribution < -0.4 is 10.2 Å². The van der Waals surface area contributed by atoms with Crippen LogP contribution in [0, 0.1) is 0 Å². The van der Waals surface area contributed by atoms with Gasteiger partial charge in [0.1, 0.15) is 11.4 Å². The summed E-state index contributed by atoms with van der Waals surface area (Å²) in [5.41, 5.74) is 2.01. The minimum absolute atomic E-state index is 0.0232. The number of aromatic nitrogens is 1. The van der Waals surface area contributed by atoms with Crippen LogP contribution in [-0.2, 0) is 6.54 Å². The van der Waals surface area contributed by atoms with Gasteiger partial charge in [0.2, 0.25) is 0 Å². The standard InChI is InChI=1S/C17H19NO2/c1-11(2)13-9-18-10-17(7-4-8-17)20-14-6-3-5-12(15(14)18)16(13)19/h3,5-6,9,11H,4,7-8,10H2,1-2H3. The minimum Gasteiger partial charge on any atom is -0.483 e. The Morgan fingerprint density at radius 3 is 2.75 bits per heavy atom. The van der Waals surface area contributed by atoms with Crippen molar-refractivity contribution in [2.75, 3.05) is 0 Å². The van der Waals surface area contributed by atoms with Gasteiger partial charge in [-0.1, -0.05) is 19.9 Å². The monoisotopic (exact) mass is 269 g/mol. The molecule has 1 aromatic heterocycles. The molecule has 0 unspecified atom stereocenters. The van der Waals surface area contributed by atoms with Crippen LogP contribution in [0.1, 0.15) is 44.6 Å². The van der Waals surface area contributed by atoms with Gasteiger partial charge >= 0.3 is 0 Å². The van der Waals surface area contributed by atoms with E-state index in [1.54, 1.807) is 0 Å². The summed E-state index contributed by atoms with van der Waals surface area (Å²) in [6.45, 7) is 5.04. The largest absolute Gasteiger partial charge is 0.483 e. The van der Waals surface area contributed by atoms with Crippen molar-refractivity contribution in [1.29, 1.82) is 0 Å². The number of para-hydroxylation sites is 1. The van der Waals surface area contributed by atoms with Gasteiger partial charge < -0.3 is 9.30 Å². The summed E-state index contributed by atoms with van der Waals surface area (Å²) >= 11 is 0. The maximum absolute atomic E-state index is 12.6. The summed E-state index contributed by atoms with van der Waals surface area (Å²) in [4.78, 5) is 12.6. The zero-order chi connectivity index (χ0) is 13.9. The van der Waals surface area contributed by atoms with Crippen molar-refractivity contribution in [2.24, 2.45) is 0 Å². The molecule has 104 valence electrons. The van der Waals surface area contributed by atoms with Crippen molar-refractivity contribution in [1.82, 2.24) is 4.57 Å². The van der Waals surface area contributed by atoms with Crippen molar-refractivity contribution < 1.29 is 4.74 Å². The van der Waals surface area contributed by atoms with Crippen molar-refractivity contribution in [3.8, 4) is 5.75 Å². The molecular formula is C17H19NO2. The predicted octanol–water partition coefficient (Wildman–Crippen LogP) is 3.44. The molecule has 0 bridgehead atoms. The van der Waals surface area contributed by atoms with E-state index >= 15 is 0 Å². The lowest BCUT2D eigenvalue weighted by Gasteiger charge is -2.45. The molecule has 1 fully saturated rings. The van der Waals surface area contributed by atoms with Crippen molar-refractivity contribution in [3.63, 3.8) is 0 Å². The van der Waals surface area contributed by atoms with E-state index in [0.29, 0.717) is 0 Å². The highest BCUT2D eigenvalue weighted by Crippen LogP contribution is 2.43. The summed E-state index contributed by atoms with van der Waals surface area (Å²) in [6.07, 6.45) is 5.53. The summed E-state index contributed by atoms with van der Waals surface area (Å²) in [6, 6.07) is 5.85. The number of rotatable bonds is 1. The number of benzene rings is 1. The Morgan fingerprint density at radius 1 is 1.30 bits per heavy atom. The first-order valence-corrected chi connectivity index (χ1v) is 7.45. The Kier molecular flexibility index (Phi) is 2.33. The third-order valence-corrected chi connectivity index (χ3v) is 4.76. The van der Waals surface area contributed by atoms with E-state index in [0.717, 1.165) is 41.6 Å². The Bertz CT molecular complexity index is 753. The highest BCUT2D eigenvalue weighted by molar-refractivity contribution is 5.86. The number of hydrogen-bond acceptors (Lipinski definition) is 2. The van der Waals surface area contributed by atoms with Gasteiger partial charge in [-0.15, -0.1) is 0 Å². The fraction of sp³-hybridized carbons (Fsp3) is 0.471. The van der Waals surface area contributed by atoms with E-state index in [2.05, 4.69) is 24.6 Å². The van der Waals surface area contributed by atoms with E-state index in [1.807, 2.05) is 18.2 Å². The second kappa shape index (κ2) is 3.87. The maximum atomic E-state index is 12.6. The second-order valence-electron chi connectivity index (χ2n) is 6.49. The molecule has 3 heteroatoms. The molecule has 4 rings (SSSR count). The number of hydrogen-bond donors (Lipinski definition) is 0. The lowest BCUT2D eigenvalue weighted by Crippen LogP contribution is -2.49. The number of ether oxygens (including phenoxy) is 1. The lowest BCUT2D eigenvalue weighted by atomic mass is 9.79. The molecule has 0 amide bonds. The molecule has 2 aromatic rings. The van der Waals surface area contributed by atoms with E-state index in [-0.39, 0.29) is 16.9 Å². The molecule has 1 aromatic carbocycles. The predicted molar refractivity (Wildman–Crippen MR) is 79.5 cm³/mol. The molecule has 2 aliphatic rings. The minimum atomic E-state index is -0.0232. The van der Waals surface area contributed by atoms with Crippen molar-refractivity contribution in [3.05, 3.63) is 40.2 Å². The summed E-state index contributed by atoms with van der Waals surface area (Å²) in [5, 5.41) is 0.794. The molecule has 20 heavy (non-hydrogen) atoms. The topological polar surface area (TPSA) is 31.2 Å². The molecule has 0 atom stereocenters. The molecule has 1 saturated carbocycles. The zero-order valence-corrected chi connectivity index (χ0v) is 12.0. The van der Waals surface area contributed by atoms with Crippen molar-refractivity contribution >= 4 is 10.9 Å². The van der Waals surface area contributed by atoms with Crippen LogP contribution in [-0.4, -0.2) is 10.2 Å². The van der Waals surface area contributed by atoms with Crippen LogP contribution in [0.15, 0.2) is 29.2 Å². The number of pyridine rings is 1. The first-order chi connectivity index (χ1) is 9.60. The fourth-order valence-electron chi connectivity index (χ4n) is 3.47. The third kappa shape index (κ3) is 1.49. The molecule has 0 radical (unpaired) electrons. The van der Waals surface area contributed by atoms with Gasteiger partial charge in [-0.25, -0.2) is 0 Å². The molecule has 3 nitrogen and oxygen atoms in total. The molecule has 0 saturated heterocycles. The van der Waals surface area contributed by atoms with Gasteiger partial charge in [-0.2, -0.15) is 0 Å². The van der Waals surface area contributed by atoms with Gasteiger partial charge in [-0.3, -0.25) is 4.79 Å². The SMILES string of the molecule is CC(C)c1cn2c3c(cccc3c1=O)OC1(CCC1)C2.